The molecule has 0 fully saturated rings. The van der Waals surface area contributed by atoms with Gasteiger partial charge in [-0.3, -0.25) is 0 Å². The topological polar surface area (TPSA) is 0 Å². The molecule has 0 aliphatic carbocycles. The summed E-state index contributed by atoms with van der Waals surface area (Å²) in [6.07, 6.45) is 8.47. The summed E-state index contributed by atoms with van der Waals surface area (Å²) in [4.78, 5) is 0. The summed E-state index contributed by atoms with van der Waals surface area (Å²) < 4.78 is 0. The van der Waals surface area contributed by atoms with Crippen LogP contribution in [0.2, 0.25) is 0 Å². The van der Waals surface area contributed by atoms with Crippen molar-refractivity contribution in [1.29, 1.82) is 0 Å². The van der Waals surface area contributed by atoms with Crippen LogP contribution in [0.3, 0.4) is 0 Å². The predicted molar refractivity (Wildman–Crippen MR) is 77.9 cm³/mol. The van der Waals surface area contributed by atoms with Gasteiger partial charge in [0.15, 0.2) is 0 Å². The second kappa shape index (κ2) is 13.1. The lowest BCUT2D eigenvalue weighted by Crippen LogP contribution is -2.09. The van der Waals surface area contributed by atoms with Crippen LogP contribution in [0.25, 0.3) is 0 Å². The number of hydrogen-bond acceptors (Lipinski definition) is 0. The van der Waals surface area contributed by atoms with Crippen LogP contribution in [0, 0.1) is 17.8 Å². The molecule has 0 saturated carbocycles. The van der Waals surface area contributed by atoms with Crippen LogP contribution in [-0.4, -0.2) is 0 Å². The molecule has 0 nitrogen and oxygen atoms in total. The second-order valence-electron chi connectivity index (χ2n) is 5.42. The molecule has 0 spiro atoms. The fourth-order valence-corrected chi connectivity index (χ4v) is 1.88. The van der Waals surface area contributed by atoms with Crippen LogP contribution in [0.4, 0.5) is 0 Å². The molecule has 0 aromatic rings. The van der Waals surface area contributed by atoms with Gasteiger partial charge >= 0.3 is 0 Å². The summed E-state index contributed by atoms with van der Waals surface area (Å²) in [6.45, 7) is 15.8. The van der Waals surface area contributed by atoms with Crippen LogP contribution in [0.15, 0.2) is 0 Å². The summed E-state index contributed by atoms with van der Waals surface area (Å²) in [7, 11) is 0. The highest BCUT2D eigenvalue weighted by molar-refractivity contribution is 4.63. The molecule has 0 heteroatoms. The molecule has 0 amide bonds. The van der Waals surface area contributed by atoms with Gasteiger partial charge in [0.2, 0.25) is 0 Å². The minimum atomic E-state index is 0.875. The minimum Gasteiger partial charge on any atom is -0.0683 e. The molecule has 0 aromatic carbocycles. The first-order valence-corrected chi connectivity index (χ1v) is 7.57. The van der Waals surface area contributed by atoms with Gasteiger partial charge in [-0.05, 0) is 17.8 Å². The first-order valence-electron chi connectivity index (χ1n) is 7.57. The molecule has 0 N–H and O–H groups in total. The van der Waals surface area contributed by atoms with Crippen molar-refractivity contribution in [2.75, 3.05) is 0 Å². The Bertz CT molecular complexity index is 115. The van der Waals surface area contributed by atoms with Gasteiger partial charge in [-0.1, -0.05) is 87.0 Å². The highest BCUT2D eigenvalue weighted by atomic mass is 14.2. The molecule has 0 rings (SSSR count). The lowest BCUT2D eigenvalue weighted by Gasteiger charge is -2.20. The standard InChI is InChI=1S/C14H30.C2H6/c1-6-7-8-9-13(4)14(5)11-10-12(2)3;1-2/h12-14H,6-11H2,1-5H3;1-2H3. The molecule has 2 atom stereocenters. The molecule has 100 valence electrons. The summed E-state index contributed by atoms with van der Waals surface area (Å²) in [6, 6.07) is 0. The Morgan fingerprint density at radius 1 is 0.688 bits per heavy atom. The van der Waals surface area contributed by atoms with Crippen molar-refractivity contribution in [2.45, 2.75) is 87.0 Å². The van der Waals surface area contributed by atoms with Gasteiger partial charge in [-0.25, -0.2) is 0 Å². The largest absolute Gasteiger partial charge is 0.0683 e. The van der Waals surface area contributed by atoms with Gasteiger partial charge in [0.1, 0.15) is 0 Å². The quantitative estimate of drug-likeness (QED) is 0.428. The van der Waals surface area contributed by atoms with Crippen molar-refractivity contribution in [3.63, 3.8) is 0 Å². The summed E-state index contributed by atoms with van der Waals surface area (Å²) >= 11 is 0. The molecule has 16 heavy (non-hydrogen) atoms. The molecule has 0 saturated heterocycles. The molecular formula is C16H36. The predicted octanol–water partition coefficient (Wildman–Crippen LogP) is 6.30. The van der Waals surface area contributed by atoms with E-state index >= 15 is 0 Å². The Kier molecular flexibility index (Phi) is 15.0. The van der Waals surface area contributed by atoms with Crippen molar-refractivity contribution in [3.05, 3.63) is 0 Å². The maximum atomic E-state index is 2.43. The second-order valence-corrected chi connectivity index (χ2v) is 5.42. The van der Waals surface area contributed by atoms with E-state index in [0.29, 0.717) is 0 Å². The van der Waals surface area contributed by atoms with Crippen molar-refractivity contribution < 1.29 is 0 Å². The molecule has 0 aliphatic heterocycles. The van der Waals surface area contributed by atoms with E-state index in [-0.39, 0.29) is 0 Å². The zero-order chi connectivity index (χ0) is 13.0. The van der Waals surface area contributed by atoms with E-state index in [1.54, 1.807) is 0 Å². The van der Waals surface area contributed by atoms with Gasteiger partial charge in [0.25, 0.3) is 0 Å². The van der Waals surface area contributed by atoms with E-state index in [2.05, 4.69) is 34.6 Å². The van der Waals surface area contributed by atoms with E-state index in [1.807, 2.05) is 13.8 Å². The van der Waals surface area contributed by atoms with Gasteiger partial charge < -0.3 is 0 Å². The highest BCUT2D eigenvalue weighted by Gasteiger charge is 2.11. The first kappa shape index (κ1) is 18.4. The Balaban J connectivity index is 0. The van der Waals surface area contributed by atoms with Gasteiger partial charge in [-0.2, -0.15) is 0 Å². The van der Waals surface area contributed by atoms with Gasteiger partial charge in [-0.15, -0.1) is 0 Å². The molecule has 0 aliphatic rings. The average Bonchev–Trinajstić information content (AvgIpc) is 2.28. The lowest BCUT2D eigenvalue weighted by molar-refractivity contribution is 0.313. The Labute approximate surface area is 105 Å². The minimum absolute atomic E-state index is 0.875. The fraction of sp³-hybridized carbons (Fsp3) is 1.00. The third kappa shape index (κ3) is 12.1. The SMILES string of the molecule is CC.CCCCCC(C)C(C)CCC(C)C. The van der Waals surface area contributed by atoms with Crippen molar-refractivity contribution in [1.82, 2.24) is 0 Å². The van der Waals surface area contributed by atoms with Gasteiger partial charge in [0, 0.05) is 0 Å². The van der Waals surface area contributed by atoms with Gasteiger partial charge in [0.05, 0.1) is 0 Å². The van der Waals surface area contributed by atoms with Crippen molar-refractivity contribution in [2.24, 2.45) is 17.8 Å². The van der Waals surface area contributed by atoms with Crippen molar-refractivity contribution >= 4 is 0 Å². The monoisotopic (exact) mass is 228 g/mol. The molecular weight excluding hydrogens is 192 g/mol. The molecule has 0 bridgehead atoms. The first-order chi connectivity index (χ1) is 7.57. The van der Waals surface area contributed by atoms with Crippen LogP contribution < -0.4 is 0 Å². The maximum Gasteiger partial charge on any atom is -0.0417 e. The Morgan fingerprint density at radius 3 is 1.62 bits per heavy atom. The van der Waals surface area contributed by atoms with Crippen LogP contribution >= 0.6 is 0 Å². The van der Waals surface area contributed by atoms with Crippen LogP contribution in [0.1, 0.15) is 87.0 Å². The average molecular weight is 228 g/mol. The van der Waals surface area contributed by atoms with Crippen LogP contribution in [0.5, 0.6) is 0 Å². The Hall–Kier alpha value is 0. The third-order valence-corrected chi connectivity index (χ3v) is 3.43. The molecule has 2 unspecified atom stereocenters. The summed E-state index contributed by atoms with van der Waals surface area (Å²) in [5, 5.41) is 0. The molecule has 0 radical (unpaired) electrons. The van der Waals surface area contributed by atoms with E-state index in [4.69, 9.17) is 0 Å². The van der Waals surface area contributed by atoms with E-state index in [1.165, 1.54) is 38.5 Å². The van der Waals surface area contributed by atoms with Crippen molar-refractivity contribution in [3.8, 4) is 0 Å². The molecule has 0 heterocycles. The number of rotatable bonds is 8. The number of unbranched alkanes of at least 4 members (excludes halogenated alkanes) is 2. The van der Waals surface area contributed by atoms with E-state index in [9.17, 15) is 0 Å². The van der Waals surface area contributed by atoms with E-state index in [0.717, 1.165) is 17.8 Å². The maximum absolute atomic E-state index is 2.43. The smallest absolute Gasteiger partial charge is 0.0417 e. The lowest BCUT2D eigenvalue weighted by atomic mass is 9.86. The zero-order valence-corrected chi connectivity index (χ0v) is 13.0. The fourth-order valence-electron chi connectivity index (χ4n) is 1.88. The number of hydrogen-bond donors (Lipinski definition) is 0. The third-order valence-electron chi connectivity index (χ3n) is 3.43. The summed E-state index contributed by atoms with van der Waals surface area (Å²) in [5.41, 5.74) is 0. The Morgan fingerprint density at radius 2 is 1.19 bits per heavy atom. The molecule has 0 aromatic heterocycles. The highest BCUT2D eigenvalue weighted by Crippen LogP contribution is 2.24. The van der Waals surface area contributed by atoms with Crippen LogP contribution in [-0.2, 0) is 0 Å². The zero-order valence-electron chi connectivity index (χ0n) is 13.0. The van der Waals surface area contributed by atoms with E-state index < -0.39 is 0 Å². The summed E-state index contributed by atoms with van der Waals surface area (Å²) in [5.74, 6) is 2.73. The normalized spacial score (nSPS) is 14.2.